The van der Waals surface area contributed by atoms with Gasteiger partial charge in [-0.2, -0.15) is 0 Å². The molecule has 15 heavy (non-hydrogen) atoms. The molecule has 1 saturated heterocycles. The summed E-state index contributed by atoms with van der Waals surface area (Å²) in [6.45, 7) is 15.5. The zero-order valence-corrected chi connectivity index (χ0v) is 11.0. The third kappa shape index (κ3) is 3.76. The minimum atomic E-state index is 0.480. The Kier molecular flexibility index (Phi) is 5.07. The maximum Gasteiger partial charge on any atom is 0.00351 e. The zero-order valence-electron chi connectivity index (χ0n) is 11.0. The van der Waals surface area contributed by atoms with Gasteiger partial charge in [0.15, 0.2) is 0 Å². The van der Waals surface area contributed by atoms with Crippen molar-refractivity contribution in [2.24, 2.45) is 11.3 Å². The highest BCUT2D eigenvalue weighted by molar-refractivity contribution is 4.84. The van der Waals surface area contributed by atoms with Crippen molar-refractivity contribution in [1.82, 2.24) is 10.2 Å². The second kappa shape index (κ2) is 5.86. The maximum absolute atomic E-state index is 3.45. The monoisotopic (exact) mass is 212 g/mol. The van der Waals surface area contributed by atoms with Crippen molar-refractivity contribution in [1.29, 1.82) is 0 Å². The van der Waals surface area contributed by atoms with Crippen molar-refractivity contribution in [2.45, 2.75) is 40.5 Å². The number of nitrogens with one attached hydrogen (secondary N) is 1. The summed E-state index contributed by atoms with van der Waals surface area (Å²) >= 11 is 0. The Hall–Kier alpha value is -0.0800. The number of hydrogen-bond donors (Lipinski definition) is 1. The van der Waals surface area contributed by atoms with E-state index in [2.05, 4.69) is 37.9 Å². The molecule has 2 nitrogen and oxygen atoms in total. The number of nitrogens with zero attached hydrogens (tertiary/aromatic N) is 1. The number of hydrogen-bond acceptors (Lipinski definition) is 2. The Labute approximate surface area is 95.4 Å². The van der Waals surface area contributed by atoms with Crippen molar-refractivity contribution in [3.8, 4) is 0 Å². The molecule has 1 heterocycles. The van der Waals surface area contributed by atoms with Crippen LogP contribution in [0.25, 0.3) is 0 Å². The van der Waals surface area contributed by atoms with Crippen molar-refractivity contribution < 1.29 is 0 Å². The molecule has 0 unspecified atom stereocenters. The minimum absolute atomic E-state index is 0.480. The highest BCUT2D eigenvalue weighted by Gasteiger charge is 2.31. The number of rotatable bonds is 5. The van der Waals surface area contributed by atoms with E-state index in [9.17, 15) is 0 Å². The summed E-state index contributed by atoms with van der Waals surface area (Å²) in [6.07, 6.45) is 2.71. The van der Waals surface area contributed by atoms with Gasteiger partial charge in [0, 0.05) is 6.54 Å². The van der Waals surface area contributed by atoms with Gasteiger partial charge in [0.25, 0.3) is 0 Å². The van der Waals surface area contributed by atoms with Gasteiger partial charge in [0.2, 0.25) is 0 Å². The first kappa shape index (κ1) is 13.0. The van der Waals surface area contributed by atoms with E-state index < -0.39 is 0 Å². The molecule has 2 heteroatoms. The lowest BCUT2D eigenvalue weighted by molar-refractivity contribution is 0.103. The summed E-state index contributed by atoms with van der Waals surface area (Å²) in [5, 5.41) is 3.45. The molecule has 0 spiro atoms. The van der Waals surface area contributed by atoms with Gasteiger partial charge >= 0.3 is 0 Å². The van der Waals surface area contributed by atoms with Gasteiger partial charge in [-0.05, 0) is 50.4 Å². The van der Waals surface area contributed by atoms with E-state index >= 15 is 0 Å². The van der Waals surface area contributed by atoms with Crippen LogP contribution < -0.4 is 5.32 Å². The Morgan fingerprint density at radius 1 is 1.13 bits per heavy atom. The first-order valence-electron chi connectivity index (χ1n) is 6.53. The summed E-state index contributed by atoms with van der Waals surface area (Å²) in [4.78, 5) is 2.56. The fourth-order valence-corrected chi connectivity index (χ4v) is 2.76. The molecule has 0 atom stereocenters. The predicted molar refractivity (Wildman–Crippen MR) is 67.2 cm³/mol. The molecule has 1 N–H and O–H groups in total. The molecule has 0 aromatic heterocycles. The smallest absolute Gasteiger partial charge is 0.00351 e. The second-order valence-corrected chi connectivity index (χ2v) is 5.47. The molecule has 0 radical (unpaired) electrons. The Bertz CT molecular complexity index is 167. The van der Waals surface area contributed by atoms with E-state index in [1.54, 1.807) is 0 Å². The fraction of sp³-hybridized carbons (Fsp3) is 1.00. The molecular weight excluding hydrogens is 184 g/mol. The van der Waals surface area contributed by atoms with Gasteiger partial charge in [0.1, 0.15) is 0 Å². The summed E-state index contributed by atoms with van der Waals surface area (Å²) in [6, 6.07) is 0. The van der Waals surface area contributed by atoms with Crippen LogP contribution in [0.15, 0.2) is 0 Å². The van der Waals surface area contributed by atoms with Gasteiger partial charge in [-0.3, -0.25) is 0 Å². The highest BCUT2D eigenvalue weighted by Crippen LogP contribution is 2.34. The third-order valence-electron chi connectivity index (χ3n) is 3.97. The zero-order chi connectivity index (χ0) is 11.3. The van der Waals surface area contributed by atoms with E-state index in [4.69, 9.17) is 0 Å². The van der Waals surface area contributed by atoms with E-state index in [1.807, 2.05) is 0 Å². The van der Waals surface area contributed by atoms with Crippen LogP contribution in [0.2, 0.25) is 0 Å². The SMILES string of the molecule is CCN(CC)CC(C)(C)C1CCNCC1. The minimum Gasteiger partial charge on any atom is -0.317 e. The average Bonchev–Trinajstić information content (AvgIpc) is 2.27. The molecule has 1 rings (SSSR count). The topological polar surface area (TPSA) is 15.3 Å². The van der Waals surface area contributed by atoms with Crippen LogP contribution in [0.1, 0.15) is 40.5 Å². The maximum atomic E-state index is 3.45. The van der Waals surface area contributed by atoms with Gasteiger partial charge in [0.05, 0.1) is 0 Å². The summed E-state index contributed by atoms with van der Waals surface area (Å²) in [7, 11) is 0. The highest BCUT2D eigenvalue weighted by atomic mass is 15.1. The predicted octanol–water partition coefficient (Wildman–Crippen LogP) is 2.35. The Balaban J connectivity index is 2.47. The lowest BCUT2D eigenvalue weighted by Gasteiger charge is -2.40. The van der Waals surface area contributed by atoms with Crippen LogP contribution in [-0.2, 0) is 0 Å². The molecule has 0 saturated carbocycles. The van der Waals surface area contributed by atoms with Crippen LogP contribution in [-0.4, -0.2) is 37.6 Å². The normalized spacial score (nSPS) is 19.8. The van der Waals surface area contributed by atoms with Crippen LogP contribution in [0.4, 0.5) is 0 Å². The molecule has 1 aliphatic heterocycles. The largest absolute Gasteiger partial charge is 0.317 e. The Morgan fingerprint density at radius 3 is 2.13 bits per heavy atom. The third-order valence-corrected chi connectivity index (χ3v) is 3.97. The summed E-state index contributed by atoms with van der Waals surface area (Å²) < 4.78 is 0. The molecular formula is C13H28N2. The van der Waals surface area contributed by atoms with E-state index in [0.717, 1.165) is 5.92 Å². The molecule has 0 aromatic rings. The van der Waals surface area contributed by atoms with E-state index in [1.165, 1.54) is 45.6 Å². The van der Waals surface area contributed by atoms with E-state index in [0.29, 0.717) is 5.41 Å². The van der Waals surface area contributed by atoms with Crippen LogP contribution in [0.3, 0.4) is 0 Å². The van der Waals surface area contributed by atoms with Crippen molar-refractivity contribution >= 4 is 0 Å². The molecule has 0 bridgehead atoms. The fourth-order valence-electron chi connectivity index (χ4n) is 2.76. The van der Waals surface area contributed by atoms with Crippen LogP contribution in [0, 0.1) is 11.3 Å². The number of piperidine rings is 1. The first-order chi connectivity index (χ1) is 7.10. The quantitative estimate of drug-likeness (QED) is 0.752. The summed E-state index contributed by atoms with van der Waals surface area (Å²) in [5.74, 6) is 0.902. The molecule has 1 aliphatic rings. The molecule has 0 amide bonds. The molecule has 1 fully saturated rings. The van der Waals surface area contributed by atoms with Crippen molar-refractivity contribution in [2.75, 3.05) is 32.7 Å². The van der Waals surface area contributed by atoms with Crippen LogP contribution >= 0.6 is 0 Å². The lowest BCUT2D eigenvalue weighted by Crippen LogP contribution is -2.42. The second-order valence-electron chi connectivity index (χ2n) is 5.47. The average molecular weight is 212 g/mol. The van der Waals surface area contributed by atoms with Gasteiger partial charge < -0.3 is 10.2 Å². The van der Waals surface area contributed by atoms with Gasteiger partial charge in [-0.25, -0.2) is 0 Å². The Morgan fingerprint density at radius 2 is 1.67 bits per heavy atom. The molecule has 0 aromatic carbocycles. The van der Waals surface area contributed by atoms with Crippen LogP contribution in [0.5, 0.6) is 0 Å². The van der Waals surface area contributed by atoms with Gasteiger partial charge in [-0.1, -0.05) is 27.7 Å². The molecule has 0 aliphatic carbocycles. The lowest BCUT2D eigenvalue weighted by atomic mass is 9.73. The van der Waals surface area contributed by atoms with Crippen molar-refractivity contribution in [3.63, 3.8) is 0 Å². The summed E-state index contributed by atoms with van der Waals surface area (Å²) in [5.41, 5.74) is 0.480. The standard InChI is InChI=1S/C13H28N2/c1-5-15(6-2)11-13(3,4)12-7-9-14-10-8-12/h12,14H,5-11H2,1-4H3. The van der Waals surface area contributed by atoms with E-state index in [-0.39, 0.29) is 0 Å². The van der Waals surface area contributed by atoms with Crippen molar-refractivity contribution in [3.05, 3.63) is 0 Å². The first-order valence-corrected chi connectivity index (χ1v) is 6.53. The molecule has 90 valence electrons. The van der Waals surface area contributed by atoms with Gasteiger partial charge in [-0.15, -0.1) is 0 Å².